The molecule has 1 aromatic heterocycles. The summed E-state index contributed by atoms with van der Waals surface area (Å²) in [6, 6.07) is 16.8. The first-order chi connectivity index (χ1) is 10.4. The van der Waals surface area contributed by atoms with Gasteiger partial charge in [-0.3, -0.25) is 0 Å². The Balaban J connectivity index is 1.48. The Labute approximate surface area is 125 Å². The van der Waals surface area contributed by atoms with Crippen molar-refractivity contribution in [3.8, 4) is 5.88 Å². The summed E-state index contributed by atoms with van der Waals surface area (Å²) >= 11 is 0. The summed E-state index contributed by atoms with van der Waals surface area (Å²) in [4.78, 5) is 4.50. The SMILES string of the molecule is C(=Cc1ccccc1)COc1cccc(CNC2CC2)n1. The van der Waals surface area contributed by atoms with Crippen molar-refractivity contribution in [1.82, 2.24) is 10.3 Å². The van der Waals surface area contributed by atoms with Crippen LogP contribution >= 0.6 is 0 Å². The highest BCUT2D eigenvalue weighted by molar-refractivity contribution is 5.48. The van der Waals surface area contributed by atoms with Gasteiger partial charge < -0.3 is 10.1 Å². The summed E-state index contributed by atoms with van der Waals surface area (Å²) in [7, 11) is 0. The Morgan fingerprint density at radius 2 is 1.95 bits per heavy atom. The summed E-state index contributed by atoms with van der Waals surface area (Å²) < 4.78 is 5.67. The van der Waals surface area contributed by atoms with Crippen LogP contribution in [0.25, 0.3) is 6.08 Å². The lowest BCUT2D eigenvalue weighted by Crippen LogP contribution is -2.16. The zero-order valence-corrected chi connectivity index (χ0v) is 12.0. The maximum atomic E-state index is 5.67. The molecule has 3 rings (SSSR count). The molecule has 1 fully saturated rings. The molecule has 0 saturated heterocycles. The van der Waals surface area contributed by atoms with Crippen molar-refractivity contribution in [2.45, 2.75) is 25.4 Å². The van der Waals surface area contributed by atoms with Crippen LogP contribution in [-0.4, -0.2) is 17.6 Å². The molecule has 0 bridgehead atoms. The van der Waals surface area contributed by atoms with Crippen molar-refractivity contribution >= 4 is 6.08 Å². The van der Waals surface area contributed by atoms with Crippen LogP contribution in [0.2, 0.25) is 0 Å². The predicted molar refractivity (Wildman–Crippen MR) is 85.1 cm³/mol. The molecule has 1 aliphatic rings. The fourth-order valence-corrected chi connectivity index (χ4v) is 2.05. The topological polar surface area (TPSA) is 34.1 Å². The van der Waals surface area contributed by atoms with Crippen molar-refractivity contribution in [3.05, 3.63) is 65.9 Å². The molecule has 3 nitrogen and oxygen atoms in total. The maximum absolute atomic E-state index is 5.67. The van der Waals surface area contributed by atoms with Gasteiger partial charge in [0.1, 0.15) is 6.61 Å². The Bertz CT molecular complexity index is 591. The van der Waals surface area contributed by atoms with Crippen molar-refractivity contribution in [2.24, 2.45) is 0 Å². The van der Waals surface area contributed by atoms with E-state index in [1.165, 1.54) is 18.4 Å². The number of pyridine rings is 1. The number of ether oxygens (including phenoxy) is 1. The minimum atomic E-state index is 0.529. The molecule has 0 radical (unpaired) electrons. The first-order valence-electron chi connectivity index (χ1n) is 7.44. The largest absolute Gasteiger partial charge is 0.473 e. The number of nitrogens with one attached hydrogen (secondary N) is 1. The summed E-state index contributed by atoms with van der Waals surface area (Å²) in [5, 5.41) is 3.46. The Morgan fingerprint density at radius 3 is 2.76 bits per heavy atom. The van der Waals surface area contributed by atoms with Crippen molar-refractivity contribution in [1.29, 1.82) is 0 Å². The molecule has 3 heteroatoms. The molecule has 1 saturated carbocycles. The van der Waals surface area contributed by atoms with Gasteiger partial charge in [0.25, 0.3) is 0 Å². The van der Waals surface area contributed by atoms with E-state index in [1.807, 2.05) is 42.5 Å². The Hall–Kier alpha value is -2.13. The van der Waals surface area contributed by atoms with Crippen molar-refractivity contribution < 1.29 is 4.74 Å². The van der Waals surface area contributed by atoms with Gasteiger partial charge in [0.05, 0.1) is 5.69 Å². The Morgan fingerprint density at radius 1 is 1.10 bits per heavy atom. The van der Waals surface area contributed by atoms with Gasteiger partial charge >= 0.3 is 0 Å². The molecule has 108 valence electrons. The highest BCUT2D eigenvalue weighted by atomic mass is 16.5. The van der Waals surface area contributed by atoms with Crippen LogP contribution < -0.4 is 10.1 Å². The molecule has 1 N–H and O–H groups in total. The van der Waals surface area contributed by atoms with Crippen LogP contribution in [0.15, 0.2) is 54.6 Å². The molecule has 21 heavy (non-hydrogen) atoms. The van der Waals surface area contributed by atoms with Gasteiger partial charge in [-0.1, -0.05) is 42.5 Å². The van der Waals surface area contributed by atoms with Gasteiger partial charge in [0, 0.05) is 18.7 Å². The van der Waals surface area contributed by atoms with Gasteiger partial charge in [-0.15, -0.1) is 0 Å². The zero-order valence-electron chi connectivity index (χ0n) is 12.0. The maximum Gasteiger partial charge on any atom is 0.213 e. The number of aromatic nitrogens is 1. The third-order valence-corrected chi connectivity index (χ3v) is 3.37. The highest BCUT2D eigenvalue weighted by Gasteiger charge is 2.20. The van der Waals surface area contributed by atoms with E-state index in [0.717, 1.165) is 12.2 Å². The first-order valence-corrected chi connectivity index (χ1v) is 7.44. The molecule has 0 amide bonds. The lowest BCUT2D eigenvalue weighted by molar-refractivity contribution is 0.347. The Kier molecular flexibility index (Phi) is 4.64. The highest BCUT2D eigenvalue weighted by Crippen LogP contribution is 2.19. The first kappa shape index (κ1) is 13.8. The number of hydrogen-bond donors (Lipinski definition) is 1. The van der Waals surface area contributed by atoms with Gasteiger partial charge in [-0.25, -0.2) is 4.98 Å². The molecule has 1 aliphatic carbocycles. The van der Waals surface area contributed by atoms with Crippen LogP contribution in [0.5, 0.6) is 5.88 Å². The standard InChI is InChI=1S/C18H20N2O/c1-2-6-15(7-3-1)8-5-13-21-18-10-4-9-17(20-18)14-19-16-11-12-16/h1-10,16,19H,11-14H2. The van der Waals surface area contributed by atoms with Gasteiger partial charge in [-0.05, 0) is 30.5 Å². The summed E-state index contributed by atoms with van der Waals surface area (Å²) in [5.41, 5.74) is 2.21. The number of nitrogens with zero attached hydrogens (tertiary/aromatic N) is 1. The summed E-state index contributed by atoms with van der Waals surface area (Å²) in [6.45, 7) is 1.35. The lowest BCUT2D eigenvalue weighted by Gasteiger charge is -2.06. The quantitative estimate of drug-likeness (QED) is 0.843. The van der Waals surface area contributed by atoms with Crippen LogP contribution in [0.1, 0.15) is 24.1 Å². The van der Waals surface area contributed by atoms with E-state index in [9.17, 15) is 0 Å². The van der Waals surface area contributed by atoms with Gasteiger partial charge in [-0.2, -0.15) is 0 Å². The second-order valence-corrected chi connectivity index (χ2v) is 5.25. The smallest absolute Gasteiger partial charge is 0.213 e. The number of rotatable bonds is 7. The number of hydrogen-bond acceptors (Lipinski definition) is 3. The second-order valence-electron chi connectivity index (χ2n) is 5.25. The fourth-order valence-electron chi connectivity index (χ4n) is 2.05. The van der Waals surface area contributed by atoms with Crippen LogP contribution in [0, 0.1) is 0 Å². The third kappa shape index (κ3) is 4.72. The summed E-state index contributed by atoms with van der Waals surface area (Å²) in [5.74, 6) is 0.683. The third-order valence-electron chi connectivity index (χ3n) is 3.37. The predicted octanol–water partition coefficient (Wildman–Crippen LogP) is 3.43. The van der Waals surface area contributed by atoms with Crippen LogP contribution in [-0.2, 0) is 6.54 Å². The van der Waals surface area contributed by atoms with E-state index < -0.39 is 0 Å². The van der Waals surface area contributed by atoms with Crippen LogP contribution in [0.3, 0.4) is 0 Å². The van der Waals surface area contributed by atoms with Gasteiger partial charge in [0.15, 0.2) is 0 Å². The van der Waals surface area contributed by atoms with Gasteiger partial charge in [0.2, 0.25) is 5.88 Å². The van der Waals surface area contributed by atoms with E-state index in [2.05, 4.69) is 28.5 Å². The molecule has 0 atom stereocenters. The van der Waals surface area contributed by atoms with E-state index in [0.29, 0.717) is 18.5 Å². The molecular formula is C18H20N2O. The molecular weight excluding hydrogens is 260 g/mol. The summed E-state index contributed by atoms with van der Waals surface area (Å²) in [6.07, 6.45) is 6.64. The molecule has 1 heterocycles. The van der Waals surface area contributed by atoms with E-state index in [1.54, 1.807) is 0 Å². The van der Waals surface area contributed by atoms with E-state index >= 15 is 0 Å². The molecule has 0 unspecified atom stereocenters. The minimum Gasteiger partial charge on any atom is -0.473 e. The van der Waals surface area contributed by atoms with E-state index in [-0.39, 0.29) is 0 Å². The fraction of sp³-hybridized carbons (Fsp3) is 0.278. The van der Waals surface area contributed by atoms with Crippen molar-refractivity contribution in [3.63, 3.8) is 0 Å². The number of benzene rings is 1. The lowest BCUT2D eigenvalue weighted by atomic mass is 10.2. The second kappa shape index (κ2) is 7.04. The molecule has 1 aromatic carbocycles. The molecule has 2 aromatic rings. The zero-order chi connectivity index (χ0) is 14.3. The normalized spacial score (nSPS) is 14.5. The molecule has 0 spiro atoms. The monoisotopic (exact) mass is 280 g/mol. The average Bonchev–Trinajstić information content (AvgIpc) is 3.35. The minimum absolute atomic E-state index is 0.529. The average molecular weight is 280 g/mol. The van der Waals surface area contributed by atoms with E-state index in [4.69, 9.17) is 4.74 Å². The van der Waals surface area contributed by atoms with Crippen LogP contribution in [0.4, 0.5) is 0 Å². The molecule has 0 aliphatic heterocycles. The van der Waals surface area contributed by atoms with Crippen molar-refractivity contribution in [2.75, 3.05) is 6.61 Å².